The van der Waals surface area contributed by atoms with Gasteiger partial charge in [0.05, 0.1) is 16.2 Å². The van der Waals surface area contributed by atoms with Gasteiger partial charge in [0, 0.05) is 23.6 Å². The minimum absolute atomic E-state index is 0.135. The van der Waals surface area contributed by atoms with Crippen molar-refractivity contribution >= 4 is 32.4 Å². The summed E-state index contributed by atoms with van der Waals surface area (Å²) < 4.78 is 24.3. The van der Waals surface area contributed by atoms with Gasteiger partial charge in [-0.1, -0.05) is 36.4 Å². The second-order valence-electron chi connectivity index (χ2n) is 5.46. The van der Waals surface area contributed by atoms with E-state index in [4.69, 9.17) is 0 Å². The van der Waals surface area contributed by atoms with Crippen molar-refractivity contribution in [2.75, 3.05) is 12.3 Å². The predicted molar refractivity (Wildman–Crippen MR) is 94.1 cm³/mol. The molecule has 0 radical (unpaired) electrons. The minimum atomic E-state index is -3.50. The molecule has 1 amide bonds. The number of aromatic amines is 1. The Morgan fingerprint density at radius 3 is 2.40 bits per heavy atom. The maximum Gasteiger partial charge on any atom is 0.292 e. The molecule has 7 heteroatoms. The number of nitrogens with one attached hydrogen (secondary N) is 2. The quantitative estimate of drug-likeness (QED) is 0.521. The fourth-order valence-electron chi connectivity index (χ4n) is 2.51. The first-order valence-electron chi connectivity index (χ1n) is 7.65. The number of para-hydroxylation sites is 1. The van der Waals surface area contributed by atoms with Crippen LogP contribution >= 0.6 is 0 Å². The number of amides is 1. The molecule has 0 saturated heterocycles. The Kier molecular flexibility index (Phi) is 4.67. The van der Waals surface area contributed by atoms with Crippen LogP contribution in [0, 0.1) is 0 Å². The van der Waals surface area contributed by atoms with Crippen molar-refractivity contribution < 1.29 is 18.0 Å². The number of carbonyl (C=O) groups excluding carboxylic acids is 2. The van der Waals surface area contributed by atoms with Gasteiger partial charge >= 0.3 is 0 Å². The van der Waals surface area contributed by atoms with Gasteiger partial charge in [-0.15, -0.1) is 0 Å². The van der Waals surface area contributed by atoms with Crippen LogP contribution in [0.2, 0.25) is 0 Å². The third-order valence-corrected chi connectivity index (χ3v) is 5.53. The molecule has 0 bridgehead atoms. The smallest absolute Gasteiger partial charge is 0.292 e. The summed E-state index contributed by atoms with van der Waals surface area (Å²) in [6.45, 7) is -0.135. The molecular formula is C18H16N2O4S. The normalized spacial score (nSPS) is 11.4. The zero-order valence-electron chi connectivity index (χ0n) is 13.2. The summed E-state index contributed by atoms with van der Waals surface area (Å²) in [7, 11) is -3.50. The van der Waals surface area contributed by atoms with Crippen LogP contribution in [0.5, 0.6) is 0 Å². The van der Waals surface area contributed by atoms with Gasteiger partial charge in [0.2, 0.25) is 0 Å². The number of sulfone groups is 1. The van der Waals surface area contributed by atoms with Crippen LogP contribution in [0.4, 0.5) is 0 Å². The van der Waals surface area contributed by atoms with Crippen LogP contribution in [0.15, 0.2) is 65.7 Å². The van der Waals surface area contributed by atoms with Crippen LogP contribution in [-0.4, -0.2) is 37.4 Å². The number of H-pyrrole nitrogens is 1. The zero-order valence-corrected chi connectivity index (χ0v) is 14.0. The first-order chi connectivity index (χ1) is 12.0. The maximum absolute atomic E-state index is 12.3. The summed E-state index contributed by atoms with van der Waals surface area (Å²) in [5, 5.41) is 3.03. The molecule has 0 saturated carbocycles. The van der Waals surface area contributed by atoms with Crippen LogP contribution in [0.1, 0.15) is 10.4 Å². The maximum atomic E-state index is 12.3. The van der Waals surface area contributed by atoms with Crippen LogP contribution in [0.3, 0.4) is 0 Å². The molecule has 0 unspecified atom stereocenters. The molecule has 3 aromatic rings. The average Bonchev–Trinajstić information content (AvgIpc) is 3.05. The molecule has 2 N–H and O–H groups in total. The molecular weight excluding hydrogens is 340 g/mol. The van der Waals surface area contributed by atoms with E-state index in [1.165, 1.54) is 18.3 Å². The van der Waals surface area contributed by atoms with Crippen molar-refractivity contribution in [1.82, 2.24) is 10.3 Å². The molecule has 128 valence electrons. The first-order valence-corrected chi connectivity index (χ1v) is 9.31. The molecule has 3 rings (SSSR count). The highest BCUT2D eigenvalue weighted by atomic mass is 32.2. The molecule has 0 aliphatic rings. The lowest BCUT2D eigenvalue weighted by atomic mass is 10.1. The molecule has 2 aromatic carbocycles. The van der Waals surface area contributed by atoms with Crippen LogP contribution in [-0.2, 0) is 14.6 Å². The monoisotopic (exact) mass is 356 g/mol. The Balaban J connectivity index is 1.64. The standard InChI is InChI=1S/C18H16N2O4S/c21-17(15-12-20-16-9-5-4-8-14(15)16)18(22)19-10-11-25(23,24)13-6-2-1-3-7-13/h1-9,12,20H,10-11H2,(H,19,22). The van der Waals surface area contributed by atoms with E-state index in [-0.39, 0.29) is 22.8 Å². The van der Waals surface area contributed by atoms with Crippen molar-refractivity contribution in [2.45, 2.75) is 4.90 Å². The van der Waals surface area contributed by atoms with E-state index in [9.17, 15) is 18.0 Å². The SMILES string of the molecule is O=C(NCCS(=O)(=O)c1ccccc1)C(=O)c1c[nH]c2ccccc12. The Hall–Kier alpha value is -2.93. The molecule has 1 heterocycles. The van der Waals surface area contributed by atoms with E-state index in [0.29, 0.717) is 5.39 Å². The third kappa shape index (κ3) is 3.61. The van der Waals surface area contributed by atoms with Gasteiger partial charge in [-0.25, -0.2) is 8.42 Å². The number of carbonyl (C=O) groups is 2. The number of aromatic nitrogens is 1. The molecule has 0 aliphatic heterocycles. The zero-order chi connectivity index (χ0) is 17.9. The number of hydrogen-bond acceptors (Lipinski definition) is 4. The highest BCUT2D eigenvalue weighted by molar-refractivity contribution is 7.91. The third-order valence-electron chi connectivity index (χ3n) is 3.80. The number of rotatable bonds is 6. The van der Waals surface area contributed by atoms with Crippen molar-refractivity contribution in [3.63, 3.8) is 0 Å². The lowest BCUT2D eigenvalue weighted by Gasteiger charge is -2.06. The molecule has 0 spiro atoms. The molecule has 0 atom stereocenters. The van der Waals surface area contributed by atoms with Crippen molar-refractivity contribution in [1.29, 1.82) is 0 Å². The number of benzene rings is 2. The molecule has 0 fully saturated rings. The van der Waals surface area contributed by atoms with E-state index >= 15 is 0 Å². The summed E-state index contributed by atoms with van der Waals surface area (Å²) in [5.74, 6) is -1.80. The Labute approximate surface area is 144 Å². The van der Waals surface area contributed by atoms with Crippen LogP contribution in [0.25, 0.3) is 10.9 Å². The lowest BCUT2D eigenvalue weighted by molar-refractivity contribution is -0.116. The van der Waals surface area contributed by atoms with Gasteiger partial charge in [0.25, 0.3) is 11.7 Å². The summed E-state index contributed by atoms with van der Waals surface area (Å²) in [4.78, 5) is 27.4. The summed E-state index contributed by atoms with van der Waals surface area (Å²) in [6.07, 6.45) is 1.48. The largest absolute Gasteiger partial charge is 0.360 e. The number of hydrogen-bond donors (Lipinski definition) is 2. The van der Waals surface area contributed by atoms with Gasteiger partial charge in [0.15, 0.2) is 9.84 Å². The Morgan fingerprint density at radius 2 is 1.64 bits per heavy atom. The lowest BCUT2D eigenvalue weighted by Crippen LogP contribution is -2.34. The molecule has 1 aromatic heterocycles. The van der Waals surface area contributed by atoms with Crippen LogP contribution < -0.4 is 5.32 Å². The van der Waals surface area contributed by atoms with Crippen molar-refractivity contribution in [3.05, 3.63) is 66.4 Å². The molecule has 25 heavy (non-hydrogen) atoms. The summed E-state index contributed by atoms with van der Waals surface area (Å²) >= 11 is 0. The Morgan fingerprint density at radius 1 is 0.960 bits per heavy atom. The Bertz CT molecular complexity index is 1020. The van der Waals surface area contributed by atoms with Gasteiger partial charge < -0.3 is 10.3 Å². The number of ketones is 1. The van der Waals surface area contributed by atoms with Gasteiger partial charge in [-0.3, -0.25) is 9.59 Å². The van der Waals surface area contributed by atoms with E-state index in [1.807, 2.05) is 6.07 Å². The highest BCUT2D eigenvalue weighted by Gasteiger charge is 2.20. The highest BCUT2D eigenvalue weighted by Crippen LogP contribution is 2.18. The van der Waals surface area contributed by atoms with E-state index in [0.717, 1.165) is 5.52 Å². The van der Waals surface area contributed by atoms with Crippen molar-refractivity contribution in [3.8, 4) is 0 Å². The fraction of sp³-hybridized carbons (Fsp3) is 0.111. The van der Waals surface area contributed by atoms with Gasteiger partial charge in [0.1, 0.15) is 0 Å². The summed E-state index contributed by atoms with van der Waals surface area (Å²) in [5.41, 5.74) is 1.02. The first kappa shape index (κ1) is 16.9. The second kappa shape index (κ2) is 6.90. The second-order valence-corrected chi connectivity index (χ2v) is 7.57. The van der Waals surface area contributed by atoms with Gasteiger partial charge in [-0.05, 0) is 18.2 Å². The summed E-state index contributed by atoms with van der Waals surface area (Å²) in [6, 6.07) is 15.1. The minimum Gasteiger partial charge on any atom is -0.360 e. The molecule has 0 aliphatic carbocycles. The van der Waals surface area contributed by atoms with E-state index in [2.05, 4.69) is 10.3 Å². The van der Waals surface area contributed by atoms with Crippen molar-refractivity contribution in [2.24, 2.45) is 0 Å². The van der Waals surface area contributed by atoms with E-state index < -0.39 is 21.5 Å². The topological polar surface area (TPSA) is 96.1 Å². The fourth-order valence-corrected chi connectivity index (χ4v) is 3.68. The van der Waals surface area contributed by atoms with Gasteiger partial charge in [-0.2, -0.15) is 0 Å². The number of fused-ring (bicyclic) bond motifs is 1. The average molecular weight is 356 g/mol. The predicted octanol–water partition coefficient (Wildman–Crippen LogP) is 1.94. The van der Waals surface area contributed by atoms with E-state index in [1.54, 1.807) is 36.4 Å². The molecule has 6 nitrogen and oxygen atoms in total. The number of Topliss-reactive ketones (excluding diaryl/α,β-unsaturated/α-hetero) is 1.